The second-order valence-electron chi connectivity index (χ2n) is 8.49. The van der Waals surface area contributed by atoms with Gasteiger partial charge in [0.2, 0.25) is 5.76 Å². The Labute approximate surface area is 188 Å². The van der Waals surface area contributed by atoms with E-state index in [0.717, 1.165) is 56.5 Å². The number of hydrogen-bond acceptors (Lipinski definition) is 8. The van der Waals surface area contributed by atoms with Crippen LogP contribution in [0.3, 0.4) is 0 Å². The largest absolute Gasteiger partial charge is 0.501 e. The van der Waals surface area contributed by atoms with Crippen molar-refractivity contribution in [1.29, 1.82) is 0 Å². The maximum absolute atomic E-state index is 12.2. The lowest BCUT2D eigenvalue weighted by Gasteiger charge is -2.37. The van der Waals surface area contributed by atoms with Gasteiger partial charge in [-0.2, -0.15) is 0 Å². The lowest BCUT2D eigenvalue weighted by Crippen LogP contribution is -2.44. The Kier molecular flexibility index (Phi) is 7.32. The Morgan fingerprint density at radius 1 is 1.28 bits per heavy atom. The predicted molar refractivity (Wildman–Crippen MR) is 123 cm³/mol. The highest BCUT2D eigenvalue weighted by atomic mass is 16.5. The number of anilines is 1. The number of rotatable bonds is 8. The molecule has 0 unspecified atom stereocenters. The zero-order chi connectivity index (χ0) is 22.5. The van der Waals surface area contributed by atoms with Gasteiger partial charge in [-0.15, -0.1) is 0 Å². The Morgan fingerprint density at radius 3 is 2.78 bits per heavy atom. The summed E-state index contributed by atoms with van der Waals surface area (Å²) >= 11 is 0. The number of nitrogens with one attached hydrogen (secondary N) is 1. The first kappa shape index (κ1) is 22.6. The molecular formula is C24H33N3O5. The molecule has 2 aromatic rings. The number of esters is 1. The van der Waals surface area contributed by atoms with E-state index in [1.54, 1.807) is 18.5 Å². The Hall–Kier alpha value is -2.58. The van der Waals surface area contributed by atoms with Crippen LogP contribution in [-0.4, -0.2) is 68.0 Å². The molecule has 8 nitrogen and oxygen atoms in total. The second kappa shape index (κ2) is 10.4. The second-order valence-corrected chi connectivity index (χ2v) is 8.49. The maximum Gasteiger partial charge on any atom is 0.374 e. The van der Waals surface area contributed by atoms with Gasteiger partial charge in [-0.05, 0) is 58.2 Å². The fourth-order valence-corrected chi connectivity index (χ4v) is 4.70. The highest BCUT2D eigenvalue weighted by molar-refractivity contribution is 6.00. The number of pyridine rings is 1. The minimum absolute atomic E-state index is 0.150. The number of hydrogen-bond donors (Lipinski definition) is 1. The van der Waals surface area contributed by atoms with Gasteiger partial charge in [0.1, 0.15) is 5.82 Å². The molecule has 2 aliphatic rings. The van der Waals surface area contributed by atoms with Crippen LogP contribution in [-0.2, 0) is 14.2 Å². The van der Waals surface area contributed by atoms with E-state index in [-0.39, 0.29) is 5.76 Å². The van der Waals surface area contributed by atoms with Gasteiger partial charge in [0.15, 0.2) is 5.58 Å². The van der Waals surface area contributed by atoms with E-state index in [0.29, 0.717) is 35.9 Å². The minimum Gasteiger partial charge on any atom is -0.501 e. The third kappa shape index (κ3) is 4.91. The molecule has 0 spiro atoms. The van der Waals surface area contributed by atoms with Crippen LogP contribution in [0.15, 0.2) is 22.9 Å². The molecule has 1 N–H and O–H groups in total. The van der Waals surface area contributed by atoms with E-state index in [4.69, 9.17) is 18.6 Å². The van der Waals surface area contributed by atoms with Crippen molar-refractivity contribution in [3.05, 3.63) is 29.8 Å². The van der Waals surface area contributed by atoms with Gasteiger partial charge >= 0.3 is 5.97 Å². The smallest absolute Gasteiger partial charge is 0.374 e. The topological polar surface area (TPSA) is 86.1 Å². The summed E-state index contributed by atoms with van der Waals surface area (Å²) in [6.07, 6.45) is 10.6. The molecule has 0 radical (unpaired) electrons. The van der Waals surface area contributed by atoms with Gasteiger partial charge in [-0.1, -0.05) is 0 Å². The van der Waals surface area contributed by atoms with Gasteiger partial charge in [0.25, 0.3) is 0 Å². The number of ether oxygens (including phenoxy) is 3. The van der Waals surface area contributed by atoms with Crippen molar-refractivity contribution < 1.29 is 23.4 Å². The van der Waals surface area contributed by atoms with Crippen molar-refractivity contribution in [3.8, 4) is 0 Å². The van der Waals surface area contributed by atoms with E-state index in [2.05, 4.69) is 22.2 Å². The van der Waals surface area contributed by atoms with Crippen molar-refractivity contribution in [2.75, 3.05) is 39.3 Å². The van der Waals surface area contributed by atoms with E-state index < -0.39 is 5.97 Å². The number of likely N-dealkylation sites (N-methyl/N-ethyl adjacent to an activating group) is 1. The van der Waals surface area contributed by atoms with Crippen LogP contribution in [0.2, 0.25) is 0 Å². The number of carbonyl (C=O) groups excluding carboxylic acids is 1. The predicted octanol–water partition coefficient (Wildman–Crippen LogP) is 4.07. The molecule has 1 saturated heterocycles. The van der Waals surface area contributed by atoms with E-state index in [1.807, 2.05) is 13.0 Å². The monoisotopic (exact) mass is 443 g/mol. The number of methoxy groups -OCH3 is 1. The molecule has 32 heavy (non-hydrogen) atoms. The average Bonchev–Trinajstić information content (AvgIpc) is 3.47. The first-order valence-electron chi connectivity index (χ1n) is 11.5. The van der Waals surface area contributed by atoms with E-state index in [1.165, 1.54) is 7.11 Å². The normalized spacial score (nSPS) is 23.8. The fraction of sp³-hybridized carbons (Fsp3) is 0.583. The molecule has 0 amide bonds. The van der Waals surface area contributed by atoms with Gasteiger partial charge in [0, 0.05) is 35.7 Å². The van der Waals surface area contributed by atoms with Gasteiger partial charge in [0.05, 0.1) is 32.8 Å². The summed E-state index contributed by atoms with van der Waals surface area (Å²) in [6.45, 7) is 4.18. The lowest BCUT2D eigenvalue weighted by atomic mass is 9.89. The molecule has 2 aromatic heterocycles. The van der Waals surface area contributed by atoms with Crippen LogP contribution < -0.4 is 5.32 Å². The van der Waals surface area contributed by atoms with Gasteiger partial charge in [-0.25, -0.2) is 9.78 Å². The van der Waals surface area contributed by atoms with Crippen LogP contribution in [0.25, 0.3) is 17.0 Å². The number of aromatic nitrogens is 1. The summed E-state index contributed by atoms with van der Waals surface area (Å²) in [6, 6.07) is 3.48. The standard InChI is InChI=1S/C24H33N3O5/c1-4-30-12-10-19-20-13-22(25-14-21(20)32-23(19)24(28)29-3)26-16-5-7-17(8-6-16)27(2)18-9-11-31-15-18/h10,12-14,16-18H,4-9,11,15H2,1-3H3,(H,25,26)/b12-10+/t16?,17?,18-/m0/s1. The van der Waals surface area contributed by atoms with Gasteiger partial charge < -0.3 is 23.9 Å². The molecule has 2 fully saturated rings. The maximum atomic E-state index is 12.2. The Balaban J connectivity index is 1.45. The quantitative estimate of drug-likeness (QED) is 0.483. The fourth-order valence-electron chi connectivity index (χ4n) is 4.70. The van der Waals surface area contributed by atoms with Crippen molar-refractivity contribution >= 4 is 28.8 Å². The summed E-state index contributed by atoms with van der Waals surface area (Å²) in [4.78, 5) is 19.2. The SMILES string of the molecule is CCO/C=C/c1c(C(=O)OC)oc2cnc(NC3CCC(N(C)[C@H]4CCOC4)CC3)cc12. The zero-order valence-electron chi connectivity index (χ0n) is 19.1. The third-order valence-electron chi connectivity index (χ3n) is 6.59. The van der Waals surface area contributed by atoms with E-state index in [9.17, 15) is 4.79 Å². The van der Waals surface area contributed by atoms with Crippen LogP contribution in [0, 0.1) is 0 Å². The third-order valence-corrected chi connectivity index (χ3v) is 6.59. The summed E-state index contributed by atoms with van der Waals surface area (Å²) in [5.74, 6) is 0.403. The van der Waals surface area contributed by atoms with Crippen LogP contribution in [0.4, 0.5) is 5.82 Å². The molecule has 0 bridgehead atoms. The molecular weight excluding hydrogens is 410 g/mol. The Bertz CT molecular complexity index is 943. The number of nitrogens with zero attached hydrogens (tertiary/aromatic N) is 2. The van der Waals surface area contributed by atoms with Crippen molar-refractivity contribution in [3.63, 3.8) is 0 Å². The minimum atomic E-state index is -0.526. The van der Waals surface area contributed by atoms with Crippen LogP contribution >= 0.6 is 0 Å². The molecule has 1 atom stereocenters. The van der Waals surface area contributed by atoms with Crippen LogP contribution in [0.1, 0.15) is 55.1 Å². The summed E-state index contributed by atoms with van der Waals surface area (Å²) in [7, 11) is 3.58. The highest BCUT2D eigenvalue weighted by Gasteiger charge is 2.30. The molecule has 174 valence electrons. The summed E-state index contributed by atoms with van der Waals surface area (Å²) < 4.78 is 21.5. The molecule has 8 heteroatoms. The molecule has 3 heterocycles. The molecule has 0 aromatic carbocycles. The lowest BCUT2D eigenvalue weighted by molar-refractivity contribution is 0.0567. The first-order valence-corrected chi connectivity index (χ1v) is 11.5. The van der Waals surface area contributed by atoms with Crippen molar-refractivity contribution in [1.82, 2.24) is 9.88 Å². The van der Waals surface area contributed by atoms with Crippen LogP contribution in [0.5, 0.6) is 0 Å². The molecule has 1 saturated carbocycles. The highest BCUT2D eigenvalue weighted by Crippen LogP contribution is 2.31. The summed E-state index contributed by atoms with van der Waals surface area (Å²) in [5.41, 5.74) is 1.17. The van der Waals surface area contributed by atoms with E-state index >= 15 is 0 Å². The number of carbonyl (C=O) groups is 1. The average molecular weight is 444 g/mol. The van der Waals surface area contributed by atoms with Crippen molar-refractivity contribution in [2.45, 2.75) is 57.2 Å². The summed E-state index contributed by atoms with van der Waals surface area (Å²) in [5, 5.41) is 4.38. The Morgan fingerprint density at radius 2 is 2.09 bits per heavy atom. The van der Waals surface area contributed by atoms with Crippen molar-refractivity contribution in [2.24, 2.45) is 0 Å². The molecule has 4 rings (SSSR count). The van der Waals surface area contributed by atoms with Gasteiger partial charge in [-0.3, -0.25) is 4.90 Å². The first-order chi connectivity index (χ1) is 15.6. The zero-order valence-corrected chi connectivity index (χ0v) is 19.1. The molecule has 1 aliphatic carbocycles. The molecule has 1 aliphatic heterocycles. The number of furan rings is 1. The number of fused-ring (bicyclic) bond motifs is 1.